The van der Waals surface area contributed by atoms with E-state index >= 15 is 0 Å². The third kappa shape index (κ3) is 2.95. The molecule has 1 aliphatic rings. The largest absolute Gasteiger partial charge is 0.481 e. The Morgan fingerprint density at radius 2 is 1.88 bits per heavy atom. The molecule has 16 heavy (non-hydrogen) atoms. The number of aliphatic carboxylic acids is 1. The average molecular weight is 228 g/mol. The minimum atomic E-state index is -0.854. The third-order valence-corrected chi connectivity index (χ3v) is 2.90. The summed E-state index contributed by atoms with van der Waals surface area (Å²) in [6.45, 7) is -0.118. The van der Waals surface area contributed by atoms with Gasteiger partial charge in [-0.3, -0.25) is 14.4 Å². The summed E-state index contributed by atoms with van der Waals surface area (Å²) in [7, 11) is 1.50. The molecule has 90 valence electrons. The Kier molecular flexibility index (Phi) is 3.87. The van der Waals surface area contributed by atoms with Gasteiger partial charge in [0.05, 0.1) is 12.5 Å². The Balaban J connectivity index is 2.50. The molecule has 6 heteroatoms. The zero-order chi connectivity index (χ0) is 12.3. The Bertz CT molecular complexity index is 316. The number of amides is 2. The van der Waals surface area contributed by atoms with Crippen LogP contribution in [0.5, 0.6) is 0 Å². The van der Waals surface area contributed by atoms with Crippen LogP contribution >= 0.6 is 0 Å². The van der Waals surface area contributed by atoms with Crippen LogP contribution in [0.15, 0.2) is 0 Å². The van der Waals surface area contributed by atoms with E-state index in [0.717, 1.165) is 0 Å². The number of carbonyl (C=O) groups is 3. The highest BCUT2D eigenvalue weighted by Crippen LogP contribution is 2.32. The number of nitrogens with two attached hydrogens (primary N) is 1. The van der Waals surface area contributed by atoms with Gasteiger partial charge < -0.3 is 15.7 Å². The average Bonchev–Trinajstić information content (AvgIpc) is 2.64. The summed E-state index contributed by atoms with van der Waals surface area (Å²) in [6.07, 6.45) is 1.45. The van der Waals surface area contributed by atoms with Crippen molar-refractivity contribution in [2.75, 3.05) is 13.6 Å². The lowest BCUT2D eigenvalue weighted by Gasteiger charge is -2.19. The molecule has 0 spiro atoms. The molecular weight excluding hydrogens is 212 g/mol. The molecule has 0 aromatic rings. The van der Waals surface area contributed by atoms with Crippen LogP contribution in [-0.2, 0) is 14.4 Å². The summed E-state index contributed by atoms with van der Waals surface area (Å²) in [5.74, 6) is -2.33. The molecule has 0 heterocycles. The van der Waals surface area contributed by atoms with Crippen molar-refractivity contribution in [3.63, 3.8) is 0 Å². The molecule has 1 fully saturated rings. The van der Waals surface area contributed by atoms with Crippen LogP contribution in [0.3, 0.4) is 0 Å². The fourth-order valence-corrected chi connectivity index (χ4v) is 2.05. The number of carboxylic acid groups (broad SMARTS) is 1. The number of carbonyl (C=O) groups excluding carboxylic acids is 2. The maximum atomic E-state index is 11.8. The first-order valence-corrected chi connectivity index (χ1v) is 5.18. The van der Waals surface area contributed by atoms with Gasteiger partial charge in [0.1, 0.15) is 0 Å². The number of primary amides is 1. The summed E-state index contributed by atoms with van der Waals surface area (Å²) in [6, 6.07) is 0. The number of likely N-dealkylation sites (N-methyl/N-ethyl adjacent to an activating group) is 1. The van der Waals surface area contributed by atoms with E-state index in [1.165, 1.54) is 11.9 Å². The van der Waals surface area contributed by atoms with Gasteiger partial charge in [0, 0.05) is 13.0 Å². The van der Waals surface area contributed by atoms with Gasteiger partial charge in [-0.15, -0.1) is 0 Å². The van der Waals surface area contributed by atoms with Crippen molar-refractivity contribution < 1.29 is 19.5 Å². The van der Waals surface area contributed by atoms with Crippen molar-refractivity contribution in [1.29, 1.82) is 0 Å². The van der Waals surface area contributed by atoms with Crippen LogP contribution in [0, 0.1) is 11.8 Å². The lowest BCUT2D eigenvalue weighted by molar-refractivity contribution is -0.142. The molecule has 0 radical (unpaired) electrons. The van der Waals surface area contributed by atoms with Gasteiger partial charge in [-0.05, 0) is 19.3 Å². The first kappa shape index (κ1) is 12.5. The van der Waals surface area contributed by atoms with E-state index in [0.29, 0.717) is 19.3 Å². The Labute approximate surface area is 93.4 Å². The third-order valence-electron chi connectivity index (χ3n) is 2.90. The molecule has 0 aromatic heterocycles. The Hall–Kier alpha value is -1.59. The van der Waals surface area contributed by atoms with Crippen LogP contribution in [0.4, 0.5) is 0 Å². The van der Waals surface area contributed by atoms with E-state index in [2.05, 4.69) is 0 Å². The fraction of sp³-hybridized carbons (Fsp3) is 0.700. The second-order valence-electron chi connectivity index (χ2n) is 4.21. The summed E-state index contributed by atoms with van der Waals surface area (Å²) < 4.78 is 0. The topological polar surface area (TPSA) is 101 Å². The van der Waals surface area contributed by atoms with Crippen LogP contribution in [0.1, 0.15) is 19.3 Å². The number of carboxylic acids is 1. The smallest absolute Gasteiger partial charge is 0.306 e. The predicted molar refractivity (Wildman–Crippen MR) is 55.3 cm³/mol. The van der Waals surface area contributed by atoms with Gasteiger partial charge in [0.25, 0.3) is 0 Å². The van der Waals surface area contributed by atoms with Crippen LogP contribution in [0.25, 0.3) is 0 Å². The van der Waals surface area contributed by atoms with Crippen molar-refractivity contribution in [1.82, 2.24) is 4.90 Å². The first-order chi connectivity index (χ1) is 7.41. The van der Waals surface area contributed by atoms with Gasteiger partial charge in [-0.2, -0.15) is 0 Å². The molecule has 2 atom stereocenters. The molecule has 1 saturated carbocycles. The van der Waals surface area contributed by atoms with Crippen molar-refractivity contribution in [2.24, 2.45) is 17.6 Å². The van der Waals surface area contributed by atoms with Crippen LogP contribution in [-0.4, -0.2) is 41.4 Å². The van der Waals surface area contributed by atoms with Crippen molar-refractivity contribution >= 4 is 17.8 Å². The Morgan fingerprint density at radius 1 is 1.31 bits per heavy atom. The standard InChI is InChI=1S/C10H16N2O4/c1-12(5-8(11)13)9(14)6-2-3-7(4-6)10(15)16/h6-7H,2-5H2,1H3,(H2,11,13)(H,15,16)/t6-,7+/m1/s1. The number of hydrogen-bond donors (Lipinski definition) is 2. The van der Waals surface area contributed by atoms with Crippen molar-refractivity contribution in [2.45, 2.75) is 19.3 Å². The lowest BCUT2D eigenvalue weighted by atomic mass is 10.0. The van der Waals surface area contributed by atoms with Crippen LogP contribution in [0.2, 0.25) is 0 Å². The van der Waals surface area contributed by atoms with E-state index in [-0.39, 0.29) is 18.4 Å². The highest BCUT2D eigenvalue weighted by Gasteiger charge is 2.35. The summed E-state index contributed by atoms with van der Waals surface area (Å²) >= 11 is 0. The molecule has 6 nitrogen and oxygen atoms in total. The highest BCUT2D eigenvalue weighted by molar-refractivity contribution is 5.85. The fourth-order valence-electron chi connectivity index (χ4n) is 2.05. The second kappa shape index (κ2) is 4.96. The molecular formula is C10H16N2O4. The summed E-state index contributed by atoms with van der Waals surface area (Å²) in [5.41, 5.74) is 4.98. The minimum absolute atomic E-state index is 0.118. The molecule has 2 amide bonds. The van der Waals surface area contributed by atoms with E-state index in [1.54, 1.807) is 0 Å². The SMILES string of the molecule is CN(CC(N)=O)C(=O)[C@@H]1CC[C@H](C(=O)O)C1. The number of rotatable bonds is 4. The van der Waals surface area contributed by atoms with E-state index in [4.69, 9.17) is 10.8 Å². The Morgan fingerprint density at radius 3 is 2.31 bits per heavy atom. The maximum Gasteiger partial charge on any atom is 0.306 e. The first-order valence-electron chi connectivity index (χ1n) is 5.18. The monoisotopic (exact) mass is 228 g/mol. The molecule has 0 bridgehead atoms. The molecule has 1 aliphatic carbocycles. The van der Waals surface area contributed by atoms with Crippen molar-refractivity contribution in [3.8, 4) is 0 Å². The molecule has 0 aliphatic heterocycles. The quantitative estimate of drug-likeness (QED) is 0.672. The zero-order valence-corrected chi connectivity index (χ0v) is 9.18. The zero-order valence-electron chi connectivity index (χ0n) is 9.18. The van der Waals surface area contributed by atoms with Gasteiger partial charge in [-0.1, -0.05) is 0 Å². The van der Waals surface area contributed by atoms with Gasteiger partial charge in [0.15, 0.2) is 0 Å². The molecule has 1 rings (SSSR count). The summed E-state index contributed by atoms with van der Waals surface area (Å²) in [5, 5.41) is 8.80. The lowest BCUT2D eigenvalue weighted by Crippen LogP contribution is -2.38. The number of nitrogens with zero attached hydrogens (tertiary/aromatic N) is 1. The normalized spacial score (nSPS) is 24.1. The van der Waals surface area contributed by atoms with E-state index < -0.39 is 17.8 Å². The highest BCUT2D eigenvalue weighted by atomic mass is 16.4. The molecule has 3 N–H and O–H groups in total. The minimum Gasteiger partial charge on any atom is -0.481 e. The molecule has 0 aromatic carbocycles. The molecule has 0 unspecified atom stereocenters. The van der Waals surface area contributed by atoms with Gasteiger partial charge in [-0.25, -0.2) is 0 Å². The maximum absolute atomic E-state index is 11.8. The van der Waals surface area contributed by atoms with E-state index in [1.807, 2.05) is 0 Å². The summed E-state index contributed by atoms with van der Waals surface area (Å²) in [4.78, 5) is 34.4. The second-order valence-corrected chi connectivity index (χ2v) is 4.21. The van der Waals surface area contributed by atoms with Crippen molar-refractivity contribution in [3.05, 3.63) is 0 Å². The predicted octanol–water partition coefficient (Wildman–Crippen LogP) is -0.569. The van der Waals surface area contributed by atoms with Crippen LogP contribution < -0.4 is 5.73 Å². The van der Waals surface area contributed by atoms with Gasteiger partial charge in [0.2, 0.25) is 11.8 Å². The number of hydrogen-bond acceptors (Lipinski definition) is 3. The molecule has 0 saturated heterocycles. The van der Waals surface area contributed by atoms with Gasteiger partial charge >= 0.3 is 5.97 Å². The van der Waals surface area contributed by atoms with E-state index in [9.17, 15) is 14.4 Å².